The molecular formula is C17H20N2. The van der Waals surface area contributed by atoms with Gasteiger partial charge in [0.2, 0.25) is 0 Å². The van der Waals surface area contributed by atoms with Gasteiger partial charge in [0.25, 0.3) is 0 Å². The molecule has 3 unspecified atom stereocenters. The van der Waals surface area contributed by atoms with Gasteiger partial charge >= 0.3 is 0 Å². The third kappa shape index (κ3) is 1.86. The Morgan fingerprint density at radius 1 is 1.11 bits per heavy atom. The van der Waals surface area contributed by atoms with E-state index in [-0.39, 0.29) is 6.04 Å². The Bertz CT molecular complexity index is 595. The van der Waals surface area contributed by atoms with E-state index in [4.69, 9.17) is 5.73 Å². The van der Waals surface area contributed by atoms with Gasteiger partial charge in [0.1, 0.15) is 0 Å². The number of nitrogens with zero attached hydrogens (tertiary/aromatic N) is 1. The van der Waals surface area contributed by atoms with Crippen LogP contribution in [0.25, 0.3) is 10.9 Å². The van der Waals surface area contributed by atoms with Gasteiger partial charge < -0.3 is 5.73 Å². The molecule has 0 aliphatic heterocycles. The maximum Gasteiger partial charge on any atom is 0.0705 e. The molecule has 0 amide bonds. The van der Waals surface area contributed by atoms with E-state index in [0.29, 0.717) is 0 Å². The zero-order valence-corrected chi connectivity index (χ0v) is 11.1. The molecule has 2 saturated carbocycles. The zero-order valence-electron chi connectivity index (χ0n) is 11.1. The van der Waals surface area contributed by atoms with E-state index in [9.17, 15) is 0 Å². The molecule has 1 heterocycles. The van der Waals surface area contributed by atoms with Crippen molar-refractivity contribution in [3.8, 4) is 0 Å². The highest BCUT2D eigenvalue weighted by Crippen LogP contribution is 2.59. The Hall–Kier alpha value is -1.41. The normalized spacial score (nSPS) is 30.9. The van der Waals surface area contributed by atoms with E-state index in [0.717, 1.165) is 23.3 Å². The number of pyridine rings is 1. The van der Waals surface area contributed by atoms with Crippen molar-refractivity contribution >= 4 is 10.9 Å². The van der Waals surface area contributed by atoms with Gasteiger partial charge in [-0.25, -0.2) is 0 Å². The van der Waals surface area contributed by atoms with Crippen LogP contribution in [0.1, 0.15) is 37.3 Å². The lowest BCUT2D eigenvalue weighted by atomic mass is 9.99. The number of benzene rings is 1. The monoisotopic (exact) mass is 252 g/mol. The molecule has 2 fully saturated rings. The second kappa shape index (κ2) is 4.31. The average Bonchev–Trinajstić information content (AvgIpc) is 3.20. The molecule has 2 nitrogen and oxygen atoms in total. The highest BCUT2D eigenvalue weighted by Gasteiger charge is 2.53. The third-order valence-corrected chi connectivity index (χ3v) is 5.15. The summed E-state index contributed by atoms with van der Waals surface area (Å²) in [6.07, 6.45) is 7.46. The van der Waals surface area contributed by atoms with Crippen molar-refractivity contribution in [2.24, 2.45) is 23.5 Å². The quantitative estimate of drug-likeness (QED) is 0.885. The third-order valence-electron chi connectivity index (χ3n) is 5.15. The zero-order chi connectivity index (χ0) is 12.8. The van der Waals surface area contributed by atoms with E-state index >= 15 is 0 Å². The topological polar surface area (TPSA) is 38.9 Å². The Morgan fingerprint density at radius 3 is 2.68 bits per heavy atom. The summed E-state index contributed by atoms with van der Waals surface area (Å²) in [7, 11) is 0. The molecule has 2 aliphatic rings. The maximum absolute atomic E-state index is 6.52. The van der Waals surface area contributed by atoms with Gasteiger partial charge in [-0.2, -0.15) is 0 Å². The van der Waals surface area contributed by atoms with Gasteiger partial charge in [-0.3, -0.25) is 4.98 Å². The molecule has 3 atom stereocenters. The van der Waals surface area contributed by atoms with Crippen molar-refractivity contribution in [1.82, 2.24) is 4.98 Å². The lowest BCUT2D eigenvalue weighted by Crippen LogP contribution is -2.14. The van der Waals surface area contributed by atoms with E-state index < -0.39 is 0 Å². The minimum atomic E-state index is 0.208. The lowest BCUT2D eigenvalue weighted by molar-refractivity contribution is 0.480. The van der Waals surface area contributed by atoms with Gasteiger partial charge in [0, 0.05) is 17.6 Å². The van der Waals surface area contributed by atoms with Crippen LogP contribution in [0.2, 0.25) is 0 Å². The van der Waals surface area contributed by atoms with E-state index in [1.54, 1.807) is 0 Å². The van der Waals surface area contributed by atoms with Gasteiger partial charge in [0.05, 0.1) is 5.52 Å². The largest absolute Gasteiger partial charge is 0.324 e. The van der Waals surface area contributed by atoms with Crippen molar-refractivity contribution in [2.45, 2.75) is 31.7 Å². The number of fused-ring (bicyclic) bond motifs is 2. The predicted molar refractivity (Wildman–Crippen MR) is 77.6 cm³/mol. The van der Waals surface area contributed by atoms with Crippen LogP contribution in [0.5, 0.6) is 0 Å². The van der Waals surface area contributed by atoms with E-state index in [2.05, 4.69) is 29.2 Å². The van der Waals surface area contributed by atoms with Crippen molar-refractivity contribution in [3.05, 3.63) is 42.1 Å². The average molecular weight is 252 g/mol. The Balaban J connectivity index is 1.63. The van der Waals surface area contributed by atoms with Crippen LogP contribution in [-0.2, 0) is 0 Å². The number of hydrogen-bond acceptors (Lipinski definition) is 2. The van der Waals surface area contributed by atoms with Crippen molar-refractivity contribution in [3.63, 3.8) is 0 Å². The number of aromatic nitrogens is 1. The molecule has 98 valence electrons. The number of hydrogen-bond donors (Lipinski definition) is 1. The van der Waals surface area contributed by atoms with Crippen LogP contribution in [0, 0.1) is 17.8 Å². The summed E-state index contributed by atoms with van der Waals surface area (Å²) in [5, 5.41) is 1.20. The van der Waals surface area contributed by atoms with Crippen LogP contribution in [-0.4, -0.2) is 4.98 Å². The standard InChI is InChI=1S/C17H20N2/c18-17(16-13-5-1-2-6-14(13)16)12-8-7-11-4-3-9-19-15(11)10-12/h3-4,7-10,13-14,16-17H,1-2,5-6,18H2. The van der Waals surface area contributed by atoms with Crippen LogP contribution in [0.15, 0.2) is 36.5 Å². The lowest BCUT2D eigenvalue weighted by Gasteiger charge is -2.12. The molecule has 2 heteroatoms. The first-order valence-electron chi connectivity index (χ1n) is 7.45. The highest BCUT2D eigenvalue weighted by atomic mass is 14.7. The molecule has 2 aliphatic carbocycles. The summed E-state index contributed by atoms with van der Waals surface area (Å²) in [5.41, 5.74) is 8.86. The number of nitrogens with two attached hydrogens (primary N) is 1. The number of rotatable bonds is 2. The van der Waals surface area contributed by atoms with Crippen LogP contribution in [0.3, 0.4) is 0 Å². The maximum atomic E-state index is 6.52. The molecule has 1 aromatic carbocycles. The minimum absolute atomic E-state index is 0.208. The molecule has 19 heavy (non-hydrogen) atoms. The first-order chi connectivity index (χ1) is 9.34. The predicted octanol–water partition coefficient (Wildman–Crippen LogP) is 3.67. The van der Waals surface area contributed by atoms with Gasteiger partial charge in [-0.1, -0.05) is 31.0 Å². The Kier molecular flexibility index (Phi) is 2.59. The summed E-state index contributed by atoms with van der Waals surface area (Å²) in [4.78, 5) is 4.44. The van der Waals surface area contributed by atoms with Crippen molar-refractivity contribution < 1.29 is 0 Å². The van der Waals surface area contributed by atoms with E-state index in [1.807, 2.05) is 12.3 Å². The molecule has 0 spiro atoms. The Morgan fingerprint density at radius 2 is 1.89 bits per heavy atom. The van der Waals surface area contributed by atoms with Gasteiger partial charge in [-0.15, -0.1) is 0 Å². The van der Waals surface area contributed by atoms with Crippen LogP contribution in [0.4, 0.5) is 0 Å². The Labute approximate surface area is 114 Å². The molecule has 2 N–H and O–H groups in total. The van der Waals surface area contributed by atoms with Crippen molar-refractivity contribution in [1.29, 1.82) is 0 Å². The first-order valence-corrected chi connectivity index (χ1v) is 7.45. The molecule has 0 bridgehead atoms. The summed E-state index contributed by atoms with van der Waals surface area (Å²) < 4.78 is 0. The fourth-order valence-corrected chi connectivity index (χ4v) is 4.09. The summed E-state index contributed by atoms with van der Waals surface area (Å²) in [6, 6.07) is 10.8. The SMILES string of the molecule is NC(c1ccc2cccnc2c1)C1C2CCCCC21. The molecule has 4 rings (SSSR count). The smallest absolute Gasteiger partial charge is 0.0705 e. The highest BCUT2D eigenvalue weighted by molar-refractivity contribution is 5.79. The van der Waals surface area contributed by atoms with Gasteiger partial charge in [0.15, 0.2) is 0 Å². The summed E-state index contributed by atoms with van der Waals surface area (Å²) in [6.45, 7) is 0. The van der Waals surface area contributed by atoms with Crippen LogP contribution < -0.4 is 5.73 Å². The molecular weight excluding hydrogens is 232 g/mol. The second-order valence-electron chi connectivity index (χ2n) is 6.17. The fourth-order valence-electron chi connectivity index (χ4n) is 4.09. The molecule has 2 aromatic rings. The summed E-state index contributed by atoms with van der Waals surface area (Å²) in [5.74, 6) is 2.54. The molecule has 0 saturated heterocycles. The van der Waals surface area contributed by atoms with Gasteiger partial charge in [-0.05, 0) is 48.3 Å². The fraction of sp³-hybridized carbons (Fsp3) is 0.471. The van der Waals surface area contributed by atoms with E-state index in [1.165, 1.54) is 36.6 Å². The second-order valence-corrected chi connectivity index (χ2v) is 6.17. The first kappa shape index (κ1) is 11.4. The minimum Gasteiger partial charge on any atom is -0.324 e. The summed E-state index contributed by atoms with van der Waals surface area (Å²) >= 11 is 0. The molecule has 1 aromatic heterocycles. The molecule has 0 radical (unpaired) electrons. The van der Waals surface area contributed by atoms with Crippen LogP contribution >= 0.6 is 0 Å². The van der Waals surface area contributed by atoms with Crippen molar-refractivity contribution in [2.75, 3.05) is 0 Å².